The van der Waals surface area contributed by atoms with Gasteiger partial charge in [-0.15, -0.1) is 5.10 Å². The fourth-order valence-corrected chi connectivity index (χ4v) is 1.89. The van der Waals surface area contributed by atoms with Gasteiger partial charge in [-0.05, 0) is 6.42 Å². The van der Waals surface area contributed by atoms with E-state index in [9.17, 15) is 0 Å². The molecule has 0 saturated carbocycles. The molecular formula is C11H20N4O. The molecule has 90 valence electrons. The highest BCUT2D eigenvalue weighted by atomic mass is 16.5. The molecule has 1 fully saturated rings. The lowest BCUT2D eigenvalue weighted by molar-refractivity contribution is 0.0359. The minimum Gasteiger partial charge on any atom is -0.379 e. The SMILES string of the molecule is CCCc1cn(CCN2CCOCC2)nn1. The zero-order chi connectivity index (χ0) is 11.2. The molecule has 16 heavy (non-hydrogen) atoms. The fraction of sp³-hybridized carbons (Fsp3) is 0.818. The smallest absolute Gasteiger partial charge is 0.0827 e. The number of aryl methyl sites for hydroxylation is 1. The van der Waals surface area contributed by atoms with Gasteiger partial charge in [0.1, 0.15) is 0 Å². The predicted octanol–water partition coefficient (Wildman–Crippen LogP) is 0.563. The van der Waals surface area contributed by atoms with Gasteiger partial charge in [0, 0.05) is 25.8 Å². The van der Waals surface area contributed by atoms with Gasteiger partial charge < -0.3 is 4.74 Å². The zero-order valence-corrected chi connectivity index (χ0v) is 9.93. The molecule has 5 nitrogen and oxygen atoms in total. The van der Waals surface area contributed by atoms with Crippen molar-refractivity contribution in [2.75, 3.05) is 32.8 Å². The molecule has 0 N–H and O–H groups in total. The van der Waals surface area contributed by atoms with Crippen LogP contribution in [0.25, 0.3) is 0 Å². The number of aromatic nitrogens is 3. The van der Waals surface area contributed by atoms with Gasteiger partial charge in [0.15, 0.2) is 0 Å². The van der Waals surface area contributed by atoms with Crippen LogP contribution in [0.15, 0.2) is 6.20 Å². The van der Waals surface area contributed by atoms with Gasteiger partial charge in [-0.2, -0.15) is 0 Å². The number of ether oxygens (including phenoxy) is 1. The second-order valence-electron chi connectivity index (χ2n) is 4.18. The van der Waals surface area contributed by atoms with Crippen LogP contribution in [0.1, 0.15) is 19.0 Å². The molecule has 5 heteroatoms. The largest absolute Gasteiger partial charge is 0.379 e. The van der Waals surface area contributed by atoms with Crippen LogP contribution < -0.4 is 0 Å². The summed E-state index contributed by atoms with van der Waals surface area (Å²) in [6.45, 7) is 7.92. The van der Waals surface area contributed by atoms with Crippen molar-refractivity contribution in [2.24, 2.45) is 0 Å². The van der Waals surface area contributed by atoms with E-state index in [1.807, 2.05) is 4.68 Å². The molecule has 0 radical (unpaired) electrons. The van der Waals surface area contributed by atoms with E-state index >= 15 is 0 Å². The average Bonchev–Trinajstić information content (AvgIpc) is 2.76. The van der Waals surface area contributed by atoms with Crippen molar-refractivity contribution in [1.82, 2.24) is 19.9 Å². The molecule has 1 aliphatic heterocycles. The van der Waals surface area contributed by atoms with Crippen molar-refractivity contribution < 1.29 is 4.74 Å². The molecule has 0 aliphatic carbocycles. The number of hydrogen-bond donors (Lipinski definition) is 0. The Labute approximate surface area is 96.4 Å². The number of nitrogens with zero attached hydrogens (tertiary/aromatic N) is 4. The predicted molar refractivity (Wildman–Crippen MR) is 61.3 cm³/mol. The van der Waals surface area contributed by atoms with Crippen LogP contribution in [0.2, 0.25) is 0 Å². The standard InChI is InChI=1S/C11H20N4O/c1-2-3-11-10-15(13-12-11)5-4-14-6-8-16-9-7-14/h10H,2-9H2,1H3. The first-order valence-corrected chi connectivity index (χ1v) is 6.07. The number of morpholine rings is 1. The number of rotatable bonds is 5. The van der Waals surface area contributed by atoms with Crippen LogP contribution >= 0.6 is 0 Å². The molecule has 0 aromatic carbocycles. The van der Waals surface area contributed by atoms with Gasteiger partial charge >= 0.3 is 0 Å². The van der Waals surface area contributed by atoms with Crippen molar-refractivity contribution in [3.63, 3.8) is 0 Å². The molecule has 0 bridgehead atoms. The van der Waals surface area contributed by atoms with E-state index in [1.54, 1.807) is 0 Å². The summed E-state index contributed by atoms with van der Waals surface area (Å²) < 4.78 is 7.26. The molecule has 2 heterocycles. The summed E-state index contributed by atoms with van der Waals surface area (Å²) in [4.78, 5) is 2.41. The fourth-order valence-electron chi connectivity index (χ4n) is 1.89. The Bertz CT molecular complexity index is 307. The molecule has 0 spiro atoms. The highest BCUT2D eigenvalue weighted by Crippen LogP contribution is 2.00. The summed E-state index contributed by atoms with van der Waals surface area (Å²) >= 11 is 0. The van der Waals surface area contributed by atoms with E-state index in [-0.39, 0.29) is 0 Å². The van der Waals surface area contributed by atoms with E-state index < -0.39 is 0 Å². The minimum absolute atomic E-state index is 0.860. The first-order valence-electron chi connectivity index (χ1n) is 6.07. The lowest BCUT2D eigenvalue weighted by Crippen LogP contribution is -2.38. The van der Waals surface area contributed by atoms with Crippen LogP contribution in [0.4, 0.5) is 0 Å². The van der Waals surface area contributed by atoms with E-state index in [2.05, 4.69) is 28.3 Å². The van der Waals surface area contributed by atoms with Crippen molar-refractivity contribution in [3.8, 4) is 0 Å². The van der Waals surface area contributed by atoms with Gasteiger partial charge in [0.05, 0.1) is 25.5 Å². The molecule has 0 amide bonds. The monoisotopic (exact) mass is 224 g/mol. The van der Waals surface area contributed by atoms with Crippen LogP contribution in [-0.2, 0) is 17.7 Å². The first kappa shape index (κ1) is 11.5. The lowest BCUT2D eigenvalue weighted by Gasteiger charge is -2.26. The Hall–Kier alpha value is -0.940. The van der Waals surface area contributed by atoms with Gasteiger partial charge in [0.2, 0.25) is 0 Å². The highest BCUT2D eigenvalue weighted by Gasteiger charge is 2.10. The first-order chi connectivity index (χ1) is 7.88. The normalized spacial score (nSPS) is 17.8. The second kappa shape index (κ2) is 5.96. The molecule has 1 aromatic rings. The Kier molecular flexibility index (Phi) is 4.30. The second-order valence-corrected chi connectivity index (χ2v) is 4.18. The Morgan fingerprint density at radius 3 is 2.88 bits per heavy atom. The van der Waals surface area contributed by atoms with Gasteiger partial charge in [0.25, 0.3) is 0 Å². The topological polar surface area (TPSA) is 43.2 Å². The molecular weight excluding hydrogens is 204 g/mol. The van der Waals surface area contributed by atoms with Crippen LogP contribution in [-0.4, -0.2) is 52.7 Å². The summed E-state index contributed by atoms with van der Waals surface area (Å²) in [6, 6.07) is 0. The third-order valence-corrected chi connectivity index (χ3v) is 2.84. The summed E-state index contributed by atoms with van der Waals surface area (Å²) in [6.07, 6.45) is 4.21. The van der Waals surface area contributed by atoms with E-state index in [0.29, 0.717) is 0 Å². The minimum atomic E-state index is 0.860. The van der Waals surface area contributed by atoms with Crippen molar-refractivity contribution in [1.29, 1.82) is 0 Å². The van der Waals surface area contributed by atoms with E-state index in [0.717, 1.165) is 57.9 Å². The number of hydrogen-bond acceptors (Lipinski definition) is 4. The Morgan fingerprint density at radius 2 is 2.12 bits per heavy atom. The molecule has 2 rings (SSSR count). The van der Waals surface area contributed by atoms with E-state index in [4.69, 9.17) is 4.74 Å². The van der Waals surface area contributed by atoms with Gasteiger partial charge in [-0.25, -0.2) is 0 Å². The van der Waals surface area contributed by atoms with Crippen molar-refractivity contribution in [2.45, 2.75) is 26.3 Å². The van der Waals surface area contributed by atoms with Crippen LogP contribution in [0, 0.1) is 0 Å². The third kappa shape index (κ3) is 3.28. The Balaban J connectivity index is 1.75. The lowest BCUT2D eigenvalue weighted by atomic mass is 10.3. The van der Waals surface area contributed by atoms with Gasteiger partial charge in [-0.3, -0.25) is 9.58 Å². The highest BCUT2D eigenvalue weighted by molar-refractivity contribution is 4.91. The molecule has 1 aliphatic rings. The summed E-state index contributed by atoms with van der Waals surface area (Å²) in [5, 5.41) is 8.27. The maximum absolute atomic E-state index is 5.31. The zero-order valence-electron chi connectivity index (χ0n) is 9.93. The summed E-state index contributed by atoms with van der Waals surface area (Å²) in [5.74, 6) is 0. The summed E-state index contributed by atoms with van der Waals surface area (Å²) in [5.41, 5.74) is 1.10. The van der Waals surface area contributed by atoms with Crippen LogP contribution in [0.3, 0.4) is 0 Å². The van der Waals surface area contributed by atoms with E-state index in [1.165, 1.54) is 0 Å². The van der Waals surface area contributed by atoms with Crippen LogP contribution in [0.5, 0.6) is 0 Å². The Morgan fingerprint density at radius 1 is 1.31 bits per heavy atom. The maximum Gasteiger partial charge on any atom is 0.0827 e. The molecule has 0 atom stereocenters. The van der Waals surface area contributed by atoms with Crippen molar-refractivity contribution >= 4 is 0 Å². The molecule has 1 aromatic heterocycles. The quantitative estimate of drug-likeness (QED) is 0.733. The maximum atomic E-state index is 5.31. The molecule has 0 unspecified atom stereocenters. The average molecular weight is 224 g/mol. The molecule has 1 saturated heterocycles. The third-order valence-electron chi connectivity index (χ3n) is 2.84. The van der Waals surface area contributed by atoms with Crippen molar-refractivity contribution in [3.05, 3.63) is 11.9 Å². The van der Waals surface area contributed by atoms with Gasteiger partial charge in [-0.1, -0.05) is 18.6 Å². The summed E-state index contributed by atoms with van der Waals surface area (Å²) in [7, 11) is 0.